The summed E-state index contributed by atoms with van der Waals surface area (Å²) in [4.78, 5) is 25.8. The summed E-state index contributed by atoms with van der Waals surface area (Å²) < 4.78 is 8.13. The van der Waals surface area contributed by atoms with Crippen LogP contribution in [0.5, 0.6) is 11.6 Å². The van der Waals surface area contributed by atoms with Crippen molar-refractivity contribution >= 4 is 28.4 Å². The smallest absolute Gasteiger partial charge is 0.247 e. The lowest BCUT2D eigenvalue weighted by Gasteiger charge is -2.16. The molecule has 1 amide bonds. The Morgan fingerprint density at radius 3 is 2.81 bits per heavy atom. The molecule has 0 aliphatic carbocycles. The molecule has 0 saturated heterocycles. The number of anilines is 2. The summed E-state index contributed by atoms with van der Waals surface area (Å²) in [5.41, 5.74) is 7.25. The summed E-state index contributed by atoms with van der Waals surface area (Å²) in [6.45, 7) is 6.09. The fourth-order valence-corrected chi connectivity index (χ4v) is 4.85. The average molecular weight is 489 g/mol. The highest BCUT2D eigenvalue weighted by molar-refractivity contribution is 6.11. The molecule has 8 heteroatoms. The van der Waals surface area contributed by atoms with E-state index in [1.807, 2.05) is 73.1 Å². The molecule has 0 radical (unpaired) electrons. The van der Waals surface area contributed by atoms with Gasteiger partial charge in [0.2, 0.25) is 11.8 Å². The minimum atomic E-state index is -0.272. The Morgan fingerprint density at radius 1 is 1.11 bits per heavy atom. The fraction of sp³-hybridized carbons (Fsp3) is 0.103. The van der Waals surface area contributed by atoms with Gasteiger partial charge in [-0.05, 0) is 48.4 Å². The van der Waals surface area contributed by atoms with Crippen molar-refractivity contribution in [3.8, 4) is 34.0 Å². The molecule has 6 rings (SSSR count). The van der Waals surface area contributed by atoms with Gasteiger partial charge in [-0.1, -0.05) is 36.9 Å². The van der Waals surface area contributed by atoms with Crippen LogP contribution < -0.4 is 15.4 Å². The number of nitrogens with zero attached hydrogens (tertiary/aromatic N) is 4. The molecule has 0 bridgehead atoms. The first-order chi connectivity index (χ1) is 18.0. The van der Waals surface area contributed by atoms with Crippen molar-refractivity contribution in [1.29, 1.82) is 0 Å². The number of benzene rings is 2. The Kier molecular flexibility index (Phi) is 5.41. The summed E-state index contributed by atoms with van der Waals surface area (Å²) >= 11 is 0. The summed E-state index contributed by atoms with van der Waals surface area (Å²) in [5, 5.41) is 7.35. The molecule has 5 aromatic rings. The Bertz CT molecular complexity index is 1700. The summed E-state index contributed by atoms with van der Waals surface area (Å²) in [6.07, 6.45) is 2.83. The van der Waals surface area contributed by atoms with E-state index in [9.17, 15) is 4.79 Å². The second kappa shape index (κ2) is 8.91. The third-order valence-electron chi connectivity index (χ3n) is 6.47. The van der Waals surface area contributed by atoms with Gasteiger partial charge in [-0.25, -0.2) is 15.0 Å². The molecule has 0 fully saturated rings. The zero-order valence-corrected chi connectivity index (χ0v) is 20.4. The summed E-state index contributed by atoms with van der Waals surface area (Å²) in [5.74, 6) is 1.73. The first kappa shape index (κ1) is 22.5. The highest BCUT2D eigenvalue weighted by Gasteiger charge is 2.27. The van der Waals surface area contributed by atoms with Crippen LogP contribution in [0, 0.1) is 6.92 Å². The van der Waals surface area contributed by atoms with Crippen LogP contribution in [0.1, 0.15) is 11.3 Å². The van der Waals surface area contributed by atoms with E-state index >= 15 is 0 Å². The van der Waals surface area contributed by atoms with Gasteiger partial charge in [0.05, 0.1) is 16.8 Å². The number of hydrogen-bond donors (Lipinski definition) is 2. The number of fused-ring (bicyclic) bond motifs is 2. The predicted octanol–water partition coefficient (Wildman–Crippen LogP) is 5.85. The van der Waals surface area contributed by atoms with Crippen LogP contribution in [0.2, 0.25) is 0 Å². The Morgan fingerprint density at radius 2 is 1.97 bits per heavy atom. The van der Waals surface area contributed by atoms with Crippen LogP contribution in [0.15, 0.2) is 79.6 Å². The largest absolute Gasteiger partial charge is 0.439 e. The number of rotatable bonds is 5. The zero-order chi connectivity index (χ0) is 25.5. The molecular formula is C29H24N6O2. The SMILES string of the molecule is C=CC(=O)Nc1ccccc1-c1c2c3c(ncnc3n1C)NCc1cc(Oc3cccc(C)n3)ccc1-2. The van der Waals surface area contributed by atoms with Gasteiger partial charge in [0.1, 0.15) is 23.5 Å². The topological polar surface area (TPSA) is 94.0 Å². The van der Waals surface area contributed by atoms with Gasteiger partial charge in [0.25, 0.3) is 0 Å². The number of nitrogens with one attached hydrogen (secondary N) is 2. The number of carbonyl (C=O) groups excluding carboxylic acids is 1. The lowest BCUT2D eigenvalue weighted by atomic mass is 9.95. The van der Waals surface area contributed by atoms with Crippen LogP contribution in [-0.2, 0) is 18.4 Å². The van der Waals surface area contributed by atoms with E-state index in [0.717, 1.165) is 50.5 Å². The van der Waals surface area contributed by atoms with Crippen molar-refractivity contribution < 1.29 is 9.53 Å². The van der Waals surface area contributed by atoms with E-state index in [-0.39, 0.29) is 5.91 Å². The van der Waals surface area contributed by atoms with Gasteiger partial charge in [-0.15, -0.1) is 0 Å². The van der Waals surface area contributed by atoms with Crippen molar-refractivity contribution in [2.75, 3.05) is 10.6 Å². The van der Waals surface area contributed by atoms with Crippen molar-refractivity contribution in [1.82, 2.24) is 19.5 Å². The van der Waals surface area contributed by atoms with Gasteiger partial charge in [-0.2, -0.15) is 0 Å². The number of aryl methyl sites for hydroxylation is 2. The van der Waals surface area contributed by atoms with Gasteiger partial charge in [0.15, 0.2) is 0 Å². The minimum absolute atomic E-state index is 0.272. The molecular weight excluding hydrogens is 464 g/mol. The molecule has 0 spiro atoms. The van der Waals surface area contributed by atoms with Crippen molar-refractivity contribution in [2.24, 2.45) is 7.05 Å². The van der Waals surface area contributed by atoms with Crippen molar-refractivity contribution in [3.05, 3.63) is 90.9 Å². The quantitative estimate of drug-likeness (QED) is 0.302. The minimum Gasteiger partial charge on any atom is -0.439 e. The monoisotopic (exact) mass is 488 g/mol. The van der Waals surface area contributed by atoms with E-state index in [4.69, 9.17) is 4.74 Å². The Hall–Kier alpha value is -4.98. The van der Waals surface area contributed by atoms with Crippen LogP contribution in [-0.4, -0.2) is 25.4 Å². The zero-order valence-electron chi connectivity index (χ0n) is 20.4. The fourth-order valence-electron chi connectivity index (χ4n) is 4.85. The predicted molar refractivity (Wildman–Crippen MR) is 145 cm³/mol. The van der Waals surface area contributed by atoms with Crippen molar-refractivity contribution in [3.63, 3.8) is 0 Å². The molecule has 37 heavy (non-hydrogen) atoms. The van der Waals surface area contributed by atoms with Crippen LogP contribution >= 0.6 is 0 Å². The number of carbonyl (C=O) groups is 1. The molecule has 8 nitrogen and oxygen atoms in total. The number of aromatic nitrogens is 4. The van der Waals surface area contributed by atoms with E-state index in [1.54, 1.807) is 6.33 Å². The van der Waals surface area contributed by atoms with Gasteiger partial charge in [-0.3, -0.25) is 4.79 Å². The molecule has 1 aliphatic heterocycles. The van der Waals surface area contributed by atoms with E-state index in [2.05, 4.69) is 38.2 Å². The number of para-hydroxylation sites is 1. The molecule has 2 N–H and O–H groups in total. The van der Waals surface area contributed by atoms with Crippen LogP contribution in [0.3, 0.4) is 0 Å². The third kappa shape index (κ3) is 3.88. The standard InChI is InChI=1S/C29H24N6O2/c1-4-23(36)34-22-10-6-5-9-21(22)27-25-20-13-12-19(37-24-11-7-8-17(2)33-24)14-18(20)15-30-28-26(25)29(35(27)3)32-16-31-28/h4-14,16H,1,15H2,2-3H3,(H,34,36)(H,30,31,32). The highest BCUT2D eigenvalue weighted by Crippen LogP contribution is 2.47. The van der Waals surface area contributed by atoms with Gasteiger partial charge < -0.3 is 19.9 Å². The molecule has 1 aliphatic rings. The van der Waals surface area contributed by atoms with Gasteiger partial charge in [0, 0.05) is 36.5 Å². The third-order valence-corrected chi connectivity index (χ3v) is 6.47. The second-order valence-electron chi connectivity index (χ2n) is 8.83. The molecule has 4 heterocycles. The number of pyridine rings is 1. The average Bonchev–Trinajstić information content (AvgIpc) is 3.09. The van der Waals surface area contributed by atoms with Crippen molar-refractivity contribution in [2.45, 2.75) is 13.5 Å². The summed E-state index contributed by atoms with van der Waals surface area (Å²) in [6, 6.07) is 19.5. The van der Waals surface area contributed by atoms with E-state index < -0.39 is 0 Å². The lowest BCUT2D eigenvalue weighted by Crippen LogP contribution is -2.09. The van der Waals surface area contributed by atoms with E-state index in [0.29, 0.717) is 23.9 Å². The Balaban J connectivity index is 1.56. The van der Waals surface area contributed by atoms with Crippen LogP contribution in [0.25, 0.3) is 33.4 Å². The van der Waals surface area contributed by atoms with Crippen LogP contribution in [0.4, 0.5) is 11.5 Å². The van der Waals surface area contributed by atoms with Gasteiger partial charge >= 0.3 is 0 Å². The molecule has 0 unspecified atom stereocenters. The first-order valence-electron chi connectivity index (χ1n) is 11.9. The molecule has 0 atom stereocenters. The highest BCUT2D eigenvalue weighted by atomic mass is 16.5. The van der Waals surface area contributed by atoms with E-state index in [1.165, 1.54) is 6.08 Å². The molecule has 3 aromatic heterocycles. The molecule has 2 aromatic carbocycles. The first-order valence-corrected chi connectivity index (χ1v) is 11.9. The maximum atomic E-state index is 12.2. The lowest BCUT2D eigenvalue weighted by molar-refractivity contribution is -0.111. The maximum Gasteiger partial charge on any atom is 0.247 e. The molecule has 182 valence electrons. The summed E-state index contributed by atoms with van der Waals surface area (Å²) in [7, 11) is 1.98. The molecule has 0 saturated carbocycles. The normalized spacial score (nSPS) is 11.8. The number of hydrogen-bond acceptors (Lipinski definition) is 6. The number of ether oxygens (including phenoxy) is 1. The number of amides is 1. The maximum absolute atomic E-state index is 12.2. The second-order valence-corrected chi connectivity index (χ2v) is 8.83. The Labute approximate surface area is 213 Å².